The number of rotatable bonds is 3. The van der Waals surface area contributed by atoms with Crippen molar-refractivity contribution >= 4 is 17.3 Å². The van der Waals surface area contributed by atoms with Gasteiger partial charge >= 0.3 is 0 Å². The van der Waals surface area contributed by atoms with Crippen molar-refractivity contribution in [2.45, 2.75) is 32.3 Å². The van der Waals surface area contributed by atoms with Crippen LogP contribution in [0, 0.1) is 23.0 Å². The number of hydrogen-bond donors (Lipinski definition) is 2. The lowest BCUT2D eigenvalue weighted by molar-refractivity contribution is -0.384. The van der Waals surface area contributed by atoms with Crippen LogP contribution in [0.1, 0.15) is 24.8 Å². The quantitative estimate of drug-likeness (QED) is 0.645. The molecular formula is C13H16N2O4. The lowest BCUT2D eigenvalue weighted by atomic mass is 10.0. The molecule has 1 aliphatic rings. The van der Waals surface area contributed by atoms with Crippen molar-refractivity contribution in [1.29, 1.82) is 0 Å². The highest BCUT2D eigenvalue weighted by Gasteiger charge is 2.31. The number of hydrogen-bond acceptors (Lipinski definition) is 4. The summed E-state index contributed by atoms with van der Waals surface area (Å²) in [5.74, 6) is -0.688. The zero-order chi connectivity index (χ0) is 14.0. The Bertz CT molecular complexity index is 515. The van der Waals surface area contributed by atoms with Gasteiger partial charge in [0.2, 0.25) is 5.91 Å². The number of anilines is 1. The van der Waals surface area contributed by atoms with Crippen LogP contribution in [0.5, 0.6) is 0 Å². The molecule has 2 rings (SSSR count). The van der Waals surface area contributed by atoms with Gasteiger partial charge in [-0.25, -0.2) is 0 Å². The maximum atomic E-state index is 12.0. The number of benzene rings is 1. The van der Waals surface area contributed by atoms with E-state index in [4.69, 9.17) is 0 Å². The fourth-order valence-electron chi connectivity index (χ4n) is 2.33. The SMILES string of the molecule is Cc1ccc([N+](=O)[O-])cc1NC(=O)C1CCCC1O. The van der Waals surface area contributed by atoms with Gasteiger partial charge in [0.25, 0.3) is 5.69 Å². The summed E-state index contributed by atoms with van der Waals surface area (Å²) < 4.78 is 0. The summed E-state index contributed by atoms with van der Waals surface area (Å²) in [4.78, 5) is 22.2. The van der Waals surface area contributed by atoms with Gasteiger partial charge in [0, 0.05) is 12.1 Å². The second kappa shape index (κ2) is 5.36. The molecule has 0 aromatic heterocycles. The fourth-order valence-corrected chi connectivity index (χ4v) is 2.33. The number of nitrogens with zero attached hydrogens (tertiary/aromatic N) is 1. The minimum atomic E-state index is -0.612. The van der Waals surface area contributed by atoms with Crippen LogP contribution in [0.15, 0.2) is 18.2 Å². The van der Waals surface area contributed by atoms with Gasteiger partial charge in [0.15, 0.2) is 0 Å². The van der Waals surface area contributed by atoms with E-state index in [1.165, 1.54) is 12.1 Å². The molecule has 6 heteroatoms. The number of aliphatic hydroxyl groups is 1. The molecule has 0 bridgehead atoms. The van der Waals surface area contributed by atoms with Gasteiger partial charge in [0.1, 0.15) is 0 Å². The summed E-state index contributed by atoms with van der Waals surface area (Å²) in [5.41, 5.74) is 1.12. The summed E-state index contributed by atoms with van der Waals surface area (Å²) in [7, 11) is 0. The Kier molecular flexibility index (Phi) is 3.80. The van der Waals surface area contributed by atoms with Crippen LogP contribution in [0.2, 0.25) is 0 Å². The Hall–Kier alpha value is -1.95. The standard InChI is InChI=1S/C13H16N2O4/c1-8-5-6-9(15(18)19)7-11(8)14-13(17)10-3-2-4-12(10)16/h5-7,10,12,16H,2-4H2,1H3,(H,14,17). The molecule has 6 nitrogen and oxygen atoms in total. The van der Waals surface area contributed by atoms with Gasteiger partial charge in [-0.3, -0.25) is 14.9 Å². The Morgan fingerprint density at radius 3 is 2.79 bits per heavy atom. The van der Waals surface area contributed by atoms with Gasteiger partial charge in [-0.05, 0) is 31.7 Å². The van der Waals surface area contributed by atoms with Gasteiger partial charge in [-0.2, -0.15) is 0 Å². The van der Waals surface area contributed by atoms with Crippen molar-refractivity contribution in [3.05, 3.63) is 33.9 Å². The smallest absolute Gasteiger partial charge is 0.271 e. The summed E-state index contributed by atoms with van der Waals surface area (Å²) >= 11 is 0. The second-order valence-corrected chi connectivity index (χ2v) is 4.85. The molecule has 0 saturated heterocycles. The van der Waals surface area contributed by atoms with E-state index >= 15 is 0 Å². The molecule has 2 N–H and O–H groups in total. The van der Waals surface area contributed by atoms with E-state index in [-0.39, 0.29) is 11.6 Å². The Balaban J connectivity index is 2.16. The molecule has 1 saturated carbocycles. The van der Waals surface area contributed by atoms with Crippen molar-refractivity contribution in [2.24, 2.45) is 5.92 Å². The molecular weight excluding hydrogens is 248 g/mol. The number of nitro groups is 1. The predicted octanol–water partition coefficient (Wildman–Crippen LogP) is 2.00. The number of carbonyl (C=O) groups is 1. The summed E-state index contributed by atoms with van der Waals surface area (Å²) in [6.45, 7) is 1.77. The van der Waals surface area contributed by atoms with E-state index in [9.17, 15) is 20.0 Å². The van der Waals surface area contributed by atoms with E-state index < -0.39 is 16.9 Å². The molecule has 1 aromatic carbocycles. The molecule has 1 fully saturated rings. The third-order valence-corrected chi connectivity index (χ3v) is 3.51. The number of nitrogens with one attached hydrogen (secondary N) is 1. The summed E-state index contributed by atoms with van der Waals surface area (Å²) in [6.07, 6.45) is 1.50. The highest BCUT2D eigenvalue weighted by Crippen LogP contribution is 2.28. The molecule has 1 aromatic rings. The second-order valence-electron chi connectivity index (χ2n) is 4.85. The minimum absolute atomic E-state index is 0.0622. The fraction of sp³-hybridized carbons (Fsp3) is 0.462. The molecule has 0 radical (unpaired) electrons. The number of aliphatic hydroxyl groups excluding tert-OH is 1. The van der Waals surface area contributed by atoms with Crippen molar-refractivity contribution in [2.75, 3.05) is 5.32 Å². The average molecular weight is 264 g/mol. The zero-order valence-electron chi connectivity index (χ0n) is 10.6. The van der Waals surface area contributed by atoms with Crippen molar-refractivity contribution in [3.8, 4) is 0 Å². The first-order valence-electron chi connectivity index (χ1n) is 6.23. The number of nitro benzene ring substituents is 1. The number of aryl methyl sites for hydroxylation is 1. The first-order chi connectivity index (χ1) is 8.99. The number of carbonyl (C=O) groups excluding carboxylic acids is 1. The molecule has 19 heavy (non-hydrogen) atoms. The van der Waals surface area contributed by atoms with Gasteiger partial charge < -0.3 is 10.4 Å². The van der Waals surface area contributed by atoms with Gasteiger partial charge in [0.05, 0.1) is 22.6 Å². The van der Waals surface area contributed by atoms with Gasteiger partial charge in [-0.15, -0.1) is 0 Å². The zero-order valence-corrected chi connectivity index (χ0v) is 10.6. The molecule has 0 aliphatic heterocycles. The Morgan fingerprint density at radius 2 is 2.21 bits per heavy atom. The monoisotopic (exact) mass is 264 g/mol. The van der Waals surface area contributed by atoms with Crippen LogP contribution >= 0.6 is 0 Å². The Labute approximate surface area is 110 Å². The van der Waals surface area contributed by atoms with Crippen LogP contribution < -0.4 is 5.32 Å². The molecule has 2 unspecified atom stereocenters. The van der Waals surface area contributed by atoms with Crippen molar-refractivity contribution in [1.82, 2.24) is 0 Å². The lowest BCUT2D eigenvalue weighted by Gasteiger charge is -2.15. The molecule has 1 amide bonds. The van der Waals surface area contributed by atoms with E-state index in [0.29, 0.717) is 18.5 Å². The van der Waals surface area contributed by atoms with E-state index in [0.717, 1.165) is 12.0 Å². The third kappa shape index (κ3) is 2.90. The largest absolute Gasteiger partial charge is 0.392 e. The van der Waals surface area contributed by atoms with Crippen molar-refractivity contribution < 1.29 is 14.8 Å². The van der Waals surface area contributed by atoms with Crippen LogP contribution in [0.25, 0.3) is 0 Å². The average Bonchev–Trinajstić information content (AvgIpc) is 2.78. The highest BCUT2D eigenvalue weighted by molar-refractivity contribution is 5.94. The first-order valence-corrected chi connectivity index (χ1v) is 6.23. The molecule has 102 valence electrons. The molecule has 0 spiro atoms. The number of amides is 1. The van der Waals surface area contributed by atoms with E-state index in [1.54, 1.807) is 13.0 Å². The van der Waals surface area contributed by atoms with Crippen molar-refractivity contribution in [3.63, 3.8) is 0 Å². The van der Waals surface area contributed by atoms with Crippen LogP contribution in [0.3, 0.4) is 0 Å². The molecule has 1 aliphatic carbocycles. The van der Waals surface area contributed by atoms with E-state index in [1.807, 2.05) is 0 Å². The summed E-state index contributed by atoms with van der Waals surface area (Å²) in [5, 5.41) is 23.1. The third-order valence-electron chi connectivity index (χ3n) is 3.51. The number of non-ortho nitro benzene ring substituents is 1. The van der Waals surface area contributed by atoms with Gasteiger partial charge in [-0.1, -0.05) is 6.07 Å². The Morgan fingerprint density at radius 1 is 1.47 bits per heavy atom. The normalized spacial score (nSPS) is 22.2. The molecule has 0 heterocycles. The minimum Gasteiger partial charge on any atom is -0.392 e. The first kappa shape index (κ1) is 13.5. The predicted molar refractivity (Wildman–Crippen MR) is 69.8 cm³/mol. The van der Waals surface area contributed by atoms with Crippen LogP contribution in [-0.2, 0) is 4.79 Å². The molecule has 2 atom stereocenters. The maximum absolute atomic E-state index is 12.0. The van der Waals surface area contributed by atoms with Crippen LogP contribution in [-0.4, -0.2) is 22.0 Å². The lowest BCUT2D eigenvalue weighted by Crippen LogP contribution is -2.28. The van der Waals surface area contributed by atoms with E-state index in [2.05, 4.69) is 5.32 Å². The topological polar surface area (TPSA) is 92.5 Å². The van der Waals surface area contributed by atoms with Crippen LogP contribution in [0.4, 0.5) is 11.4 Å². The summed E-state index contributed by atoms with van der Waals surface area (Å²) in [6, 6.07) is 4.34. The maximum Gasteiger partial charge on any atom is 0.271 e. The highest BCUT2D eigenvalue weighted by atomic mass is 16.6.